The standard InChI is InChI=1S/C11H21N3O5S/c1-8-6-14(7-9(8)10(15)16)11(17)12-4-3-5-13-20(2,18)19/h8-9,13H,3-7H2,1-2H3,(H,12,17)(H,15,16)/t8-,9-/m1/s1. The molecule has 1 heterocycles. The molecule has 1 fully saturated rings. The van der Waals surface area contributed by atoms with Crippen molar-refractivity contribution >= 4 is 22.0 Å². The summed E-state index contributed by atoms with van der Waals surface area (Å²) >= 11 is 0. The molecular formula is C11H21N3O5S. The molecule has 0 aromatic heterocycles. The zero-order chi connectivity index (χ0) is 15.3. The molecule has 1 saturated heterocycles. The molecule has 2 amide bonds. The molecule has 1 rings (SSSR count). The number of amides is 2. The van der Waals surface area contributed by atoms with Gasteiger partial charge in [-0.1, -0.05) is 6.92 Å². The van der Waals surface area contributed by atoms with Crippen molar-refractivity contribution in [2.24, 2.45) is 11.8 Å². The fourth-order valence-electron chi connectivity index (χ4n) is 2.11. The number of sulfonamides is 1. The second-order valence-corrected chi connectivity index (χ2v) is 6.91. The summed E-state index contributed by atoms with van der Waals surface area (Å²) in [5.41, 5.74) is 0. The number of carbonyl (C=O) groups excluding carboxylic acids is 1. The van der Waals surface area contributed by atoms with Crippen molar-refractivity contribution in [3.8, 4) is 0 Å². The molecule has 0 aliphatic carbocycles. The first kappa shape index (κ1) is 16.7. The van der Waals surface area contributed by atoms with Gasteiger partial charge in [0.15, 0.2) is 0 Å². The highest BCUT2D eigenvalue weighted by Gasteiger charge is 2.36. The molecule has 0 bridgehead atoms. The van der Waals surface area contributed by atoms with Gasteiger partial charge in [0, 0.05) is 26.2 Å². The minimum Gasteiger partial charge on any atom is -0.481 e. The van der Waals surface area contributed by atoms with Crippen molar-refractivity contribution in [2.45, 2.75) is 13.3 Å². The third-order valence-electron chi connectivity index (χ3n) is 3.21. The number of carboxylic acid groups (broad SMARTS) is 1. The molecule has 2 atom stereocenters. The van der Waals surface area contributed by atoms with Gasteiger partial charge in [-0.25, -0.2) is 17.9 Å². The molecule has 9 heteroatoms. The van der Waals surface area contributed by atoms with Gasteiger partial charge in [0.2, 0.25) is 10.0 Å². The van der Waals surface area contributed by atoms with Gasteiger partial charge < -0.3 is 15.3 Å². The highest BCUT2D eigenvalue weighted by molar-refractivity contribution is 7.88. The Labute approximate surface area is 118 Å². The minimum atomic E-state index is -3.20. The Morgan fingerprint density at radius 3 is 2.45 bits per heavy atom. The van der Waals surface area contributed by atoms with E-state index in [-0.39, 0.29) is 25.0 Å². The molecule has 0 aromatic carbocycles. The van der Waals surface area contributed by atoms with E-state index in [2.05, 4.69) is 10.0 Å². The van der Waals surface area contributed by atoms with Crippen LogP contribution in [0.15, 0.2) is 0 Å². The predicted molar refractivity (Wildman–Crippen MR) is 72.7 cm³/mol. The van der Waals surface area contributed by atoms with Gasteiger partial charge in [-0.2, -0.15) is 0 Å². The fourth-order valence-corrected chi connectivity index (χ4v) is 2.62. The molecule has 0 unspecified atom stereocenters. The highest BCUT2D eigenvalue weighted by Crippen LogP contribution is 2.22. The maximum atomic E-state index is 11.8. The van der Waals surface area contributed by atoms with E-state index >= 15 is 0 Å². The quantitative estimate of drug-likeness (QED) is 0.561. The lowest BCUT2D eigenvalue weighted by Gasteiger charge is -2.16. The van der Waals surface area contributed by atoms with Gasteiger partial charge in [-0.05, 0) is 12.3 Å². The number of aliphatic carboxylic acids is 1. The average Bonchev–Trinajstić information content (AvgIpc) is 2.69. The first-order valence-corrected chi connectivity index (χ1v) is 8.30. The molecule has 0 radical (unpaired) electrons. The summed E-state index contributed by atoms with van der Waals surface area (Å²) in [6, 6.07) is -0.306. The lowest BCUT2D eigenvalue weighted by atomic mass is 9.99. The number of carboxylic acids is 1. The lowest BCUT2D eigenvalue weighted by Crippen LogP contribution is -2.40. The maximum Gasteiger partial charge on any atom is 0.317 e. The van der Waals surface area contributed by atoms with E-state index in [1.165, 1.54) is 4.90 Å². The molecule has 0 aromatic rings. The summed E-state index contributed by atoms with van der Waals surface area (Å²) < 4.78 is 23.9. The SMILES string of the molecule is C[C@@H]1CN(C(=O)NCCCNS(C)(=O)=O)C[C@H]1C(=O)O. The fraction of sp³-hybridized carbons (Fsp3) is 0.818. The third-order valence-corrected chi connectivity index (χ3v) is 3.94. The number of nitrogens with zero attached hydrogens (tertiary/aromatic N) is 1. The summed E-state index contributed by atoms with van der Waals surface area (Å²) in [6.45, 7) is 3.04. The summed E-state index contributed by atoms with van der Waals surface area (Å²) in [4.78, 5) is 24.2. The van der Waals surface area contributed by atoms with Crippen LogP contribution in [-0.4, -0.2) is 62.9 Å². The molecule has 0 spiro atoms. The lowest BCUT2D eigenvalue weighted by molar-refractivity contribution is -0.142. The highest BCUT2D eigenvalue weighted by atomic mass is 32.2. The van der Waals surface area contributed by atoms with Crippen LogP contribution in [0.4, 0.5) is 4.79 Å². The number of carbonyl (C=O) groups is 2. The van der Waals surface area contributed by atoms with Gasteiger partial charge >= 0.3 is 12.0 Å². The number of urea groups is 1. The van der Waals surface area contributed by atoms with Crippen molar-refractivity contribution in [2.75, 3.05) is 32.4 Å². The molecule has 116 valence electrons. The van der Waals surface area contributed by atoms with E-state index < -0.39 is 21.9 Å². The van der Waals surface area contributed by atoms with Crippen LogP contribution in [-0.2, 0) is 14.8 Å². The van der Waals surface area contributed by atoms with Crippen LogP contribution in [0.25, 0.3) is 0 Å². The minimum absolute atomic E-state index is 0.0647. The van der Waals surface area contributed by atoms with Gasteiger partial charge in [0.1, 0.15) is 0 Å². The number of likely N-dealkylation sites (tertiary alicyclic amines) is 1. The average molecular weight is 307 g/mol. The summed E-state index contributed by atoms with van der Waals surface area (Å²) in [7, 11) is -3.20. The summed E-state index contributed by atoms with van der Waals surface area (Å²) in [6.07, 6.45) is 1.55. The van der Waals surface area contributed by atoms with Crippen molar-refractivity contribution in [3.63, 3.8) is 0 Å². The van der Waals surface area contributed by atoms with Gasteiger partial charge in [0.25, 0.3) is 0 Å². The van der Waals surface area contributed by atoms with E-state index in [0.29, 0.717) is 19.5 Å². The van der Waals surface area contributed by atoms with Crippen LogP contribution >= 0.6 is 0 Å². The van der Waals surface area contributed by atoms with E-state index in [1.54, 1.807) is 0 Å². The topological polar surface area (TPSA) is 116 Å². The largest absolute Gasteiger partial charge is 0.481 e. The van der Waals surface area contributed by atoms with Crippen LogP contribution in [0.2, 0.25) is 0 Å². The summed E-state index contributed by atoms with van der Waals surface area (Å²) in [5.74, 6) is -1.47. The molecule has 1 aliphatic heterocycles. The Bertz CT molecular complexity index is 465. The number of hydrogen-bond acceptors (Lipinski definition) is 4. The zero-order valence-corrected chi connectivity index (χ0v) is 12.4. The molecule has 0 saturated carbocycles. The van der Waals surface area contributed by atoms with Crippen LogP contribution in [0.1, 0.15) is 13.3 Å². The van der Waals surface area contributed by atoms with Crippen LogP contribution in [0.5, 0.6) is 0 Å². The van der Waals surface area contributed by atoms with Crippen molar-refractivity contribution in [1.29, 1.82) is 0 Å². The monoisotopic (exact) mass is 307 g/mol. The van der Waals surface area contributed by atoms with Crippen LogP contribution in [0, 0.1) is 11.8 Å². The number of rotatable bonds is 6. The summed E-state index contributed by atoms with van der Waals surface area (Å²) in [5, 5.41) is 11.6. The van der Waals surface area contributed by atoms with E-state index in [4.69, 9.17) is 5.11 Å². The van der Waals surface area contributed by atoms with E-state index in [1.807, 2.05) is 6.92 Å². The molecule has 8 nitrogen and oxygen atoms in total. The Balaban J connectivity index is 2.26. The third kappa shape index (κ3) is 5.33. The smallest absolute Gasteiger partial charge is 0.317 e. The molecular weight excluding hydrogens is 286 g/mol. The normalized spacial score (nSPS) is 22.8. The first-order chi connectivity index (χ1) is 9.20. The molecule has 1 aliphatic rings. The van der Waals surface area contributed by atoms with Crippen molar-refractivity contribution < 1.29 is 23.1 Å². The van der Waals surface area contributed by atoms with Crippen LogP contribution < -0.4 is 10.0 Å². The van der Waals surface area contributed by atoms with Crippen molar-refractivity contribution in [3.05, 3.63) is 0 Å². The second-order valence-electron chi connectivity index (χ2n) is 5.08. The number of hydrogen-bond donors (Lipinski definition) is 3. The predicted octanol–water partition coefficient (Wildman–Crippen LogP) is -0.712. The van der Waals surface area contributed by atoms with Crippen molar-refractivity contribution in [1.82, 2.24) is 14.9 Å². The van der Waals surface area contributed by atoms with Gasteiger partial charge in [-0.15, -0.1) is 0 Å². The number of nitrogens with one attached hydrogen (secondary N) is 2. The van der Waals surface area contributed by atoms with E-state index in [9.17, 15) is 18.0 Å². The Morgan fingerprint density at radius 2 is 1.95 bits per heavy atom. The Morgan fingerprint density at radius 1 is 1.30 bits per heavy atom. The van der Waals surface area contributed by atoms with Gasteiger partial charge in [0.05, 0.1) is 12.2 Å². The van der Waals surface area contributed by atoms with Gasteiger partial charge in [-0.3, -0.25) is 4.79 Å². The zero-order valence-electron chi connectivity index (χ0n) is 11.6. The van der Waals surface area contributed by atoms with E-state index in [0.717, 1.165) is 6.26 Å². The van der Waals surface area contributed by atoms with Crippen LogP contribution in [0.3, 0.4) is 0 Å². The Hall–Kier alpha value is -1.35. The first-order valence-electron chi connectivity index (χ1n) is 6.41. The molecule has 20 heavy (non-hydrogen) atoms. The molecule has 3 N–H and O–H groups in total. The second kappa shape index (κ2) is 6.89. The maximum absolute atomic E-state index is 11.8. The Kier molecular flexibility index (Phi) is 5.75.